The van der Waals surface area contributed by atoms with E-state index in [0.717, 1.165) is 24.1 Å². The Labute approximate surface area is 124 Å². The van der Waals surface area contributed by atoms with Crippen molar-refractivity contribution in [3.8, 4) is 5.88 Å². The zero-order chi connectivity index (χ0) is 15.2. The van der Waals surface area contributed by atoms with Crippen LogP contribution in [0.4, 0.5) is 4.39 Å². The van der Waals surface area contributed by atoms with Gasteiger partial charge >= 0.3 is 0 Å². The highest BCUT2D eigenvalue weighted by Crippen LogP contribution is 2.28. The van der Waals surface area contributed by atoms with Crippen molar-refractivity contribution >= 4 is 0 Å². The molecule has 0 saturated carbocycles. The van der Waals surface area contributed by atoms with E-state index in [9.17, 15) is 4.39 Å². The van der Waals surface area contributed by atoms with E-state index in [2.05, 4.69) is 22.2 Å². The molecule has 2 rings (SSSR count). The summed E-state index contributed by atoms with van der Waals surface area (Å²) in [6.07, 6.45) is 4.22. The fraction of sp³-hybridized carbons (Fsp3) is 0.375. The average Bonchev–Trinajstić information content (AvgIpc) is 2.49. The third-order valence-electron chi connectivity index (χ3n) is 3.30. The van der Waals surface area contributed by atoms with Crippen LogP contribution in [0.1, 0.15) is 36.2 Å². The lowest BCUT2D eigenvalue weighted by molar-refractivity contribution is 0.382. The van der Waals surface area contributed by atoms with E-state index in [0.29, 0.717) is 11.6 Å². The maximum Gasteiger partial charge on any atom is 0.237 e. The molecule has 1 atom stereocenters. The Morgan fingerprint density at radius 2 is 2.05 bits per heavy atom. The van der Waals surface area contributed by atoms with Crippen molar-refractivity contribution in [1.82, 2.24) is 15.3 Å². The first kappa shape index (κ1) is 15.4. The van der Waals surface area contributed by atoms with E-state index in [1.54, 1.807) is 25.6 Å². The first-order valence-corrected chi connectivity index (χ1v) is 7.01. The smallest absolute Gasteiger partial charge is 0.237 e. The van der Waals surface area contributed by atoms with Crippen molar-refractivity contribution in [1.29, 1.82) is 0 Å². The van der Waals surface area contributed by atoms with Crippen LogP contribution < -0.4 is 10.1 Å². The second kappa shape index (κ2) is 7.13. The number of aryl methyl sites for hydroxylation is 1. The minimum Gasteiger partial charge on any atom is -0.480 e. The Balaban J connectivity index is 2.47. The fourth-order valence-electron chi connectivity index (χ4n) is 2.30. The summed E-state index contributed by atoms with van der Waals surface area (Å²) in [5.41, 5.74) is 2.56. The monoisotopic (exact) mass is 289 g/mol. The molecule has 0 aliphatic rings. The number of hydrogen-bond acceptors (Lipinski definition) is 4. The van der Waals surface area contributed by atoms with Gasteiger partial charge in [0, 0.05) is 12.4 Å². The highest BCUT2D eigenvalue weighted by atomic mass is 19.1. The van der Waals surface area contributed by atoms with Crippen LogP contribution in [0.25, 0.3) is 0 Å². The molecular formula is C16H20FN3O. The molecule has 1 aromatic heterocycles. The van der Waals surface area contributed by atoms with Crippen molar-refractivity contribution in [2.45, 2.75) is 26.3 Å². The molecule has 1 unspecified atom stereocenters. The van der Waals surface area contributed by atoms with Crippen molar-refractivity contribution in [3.05, 3.63) is 53.2 Å². The standard InChI is InChI=1S/C16H20FN3O/c1-4-7-18-14(13-6-5-12(17)10-11(13)2)15-16(21-3)20-9-8-19-15/h5-6,8-10,14,18H,4,7H2,1-3H3. The largest absolute Gasteiger partial charge is 0.480 e. The van der Waals surface area contributed by atoms with Gasteiger partial charge in [-0.3, -0.25) is 4.98 Å². The first-order chi connectivity index (χ1) is 10.2. The Hall–Kier alpha value is -2.01. The summed E-state index contributed by atoms with van der Waals surface area (Å²) < 4.78 is 18.6. The van der Waals surface area contributed by atoms with Crippen LogP contribution in [-0.4, -0.2) is 23.6 Å². The van der Waals surface area contributed by atoms with Crippen LogP contribution in [0.5, 0.6) is 5.88 Å². The van der Waals surface area contributed by atoms with Crippen LogP contribution in [0.2, 0.25) is 0 Å². The SMILES string of the molecule is CCCNC(c1ccc(F)cc1C)c1nccnc1OC. The number of nitrogens with one attached hydrogen (secondary N) is 1. The van der Waals surface area contributed by atoms with Gasteiger partial charge in [-0.2, -0.15) is 0 Å². The van der Waals surface area contributed by atoms with Gasteiger partial charge in [-0.1, -0.05) is 13.0 Å². The van der Waals surface area contributed by atoms with Crippen LogP contribution in [-0.2, 0) is 0 Å². The summed E-state index contributed by atoms with van der Waals surface area (Å²) in [7, 11) is 1.57. The molecule has 1 N–H and O–H groups in total. The van der Waals surface area contributed by atoms with Gasteiger partial charge in [0.05, 0.1) is 13.2 Å². The van der Waals surface area contributed by atoms with E-state index in [1.165, 1.54) is 12.1 Å². The summed E-state index contributed by atoms with van der Waals surface area (Å²) in [6.45, 7) is 4.80. The molecule has 0 spiro atoms. The van der Waals surface area contributed by atoms with Crippen molar-refractivity contribution in [2.75, 3.05) is 13.7 Å². The number of benzene rings is 1. The second-order valence-electron chi connectivity index (χ2n) is 4.84. The highest BCUT2D eigenvalue weighted by Gasteiger charge is 2.21. The number of halogens is 1. The van der Waals surface area contributed by atoms with Crippen molar-refractivity contribution in [2.24, 2.45) is 0 Å². The summed E-state index contributed by atoms with van der Waals surface area (Å²) >= 11 is 0. The van der Waals surface area contributed by atoms with Crippen molar-refractivity contribution < 1.29 is 9.13 Å². The molecule has 0 saturated heterocycles. The normalized spacial score (nSPS) is 12.2. The minimum absolute atomic E-state index is 0.172. The summed E-state index contributed by atoms with van der Waals surface area (Å²) in [4.78, 5) is 8.60. The van der Waals surface area contributed by atoms with E-state index < -0.39 is 0 Å². The third-order valence-corrected chi connectivity index (χ3v) is 3.30. The summed E-state index contributed by atoms with van der Waals surface area (Å²) in [6, 6.07) is 4.60. The third kappa shape index (κ3) is 3.55. The second-order valence-corrected chi connectivity index (χ2v) is 4.84. The minimum atomic E-state index is -0.239. The maximum absolute atomic E-state index is 13.3. The van der Waals surface area contributed by atoms with E-state index >= 15 is 0 Å². The van der Waals surface area contributed by atoms with Crippen LogP contribution in [0, 0.1) is 12.7 Å². The predicted molar refractivity (Wildman–Crippen MR) is 79.9 cm³/mol. The van der Waals surface area contributed by atoms with Gasteiger partial charge in [0.25, 0.3) is 0 Å². The van der Waals surface area contributed by atoms with Crippen LogP contribution in [0.3, 0.4) is 0 Å². The Morgan fingerprint density at radius 3 is 2.71 bits per heavy atom. The van der Waals surface area contributed by atoms with Gasteiger partial charge in [0.1, 0.15) is 11.5 Å². The van der Waals surface area contributed by atoms with Crippen LogP contribution >= 0.6 is 0 Å². The predicted octanol–water partition coefficient (Wildman–Crippen LogP) is 3.02. The number of methoxy groups -OCH3 is 1. The molecule has 112 valence electrons. The summed E-state index contributed by atoms with van der Waals surface area (Å²) in [5, 5.41) is 3.43. The molecule has 1 heterocycles. The van der Waals surface area contributed by atoms with Gasteiger partial charge in [-0.25, -0.2) is 9.37 Å². The molecular weight excluding hydrogens is 269 g/mol. The maximum atomic E-state index is 13.3. The number of nitrogens with zero attached hydrogens (tertiary/aromatic N) is 2. The zero-order valence-electron chi connectivity index (χ0n) is 12.6. The zero-order valence-corrected chi connectivity index (χ0v) is 12.6. The number of aromatic nitrogens is 2. The van der Waals surface area contributed by atoms with E-state index in [4.69, 9.17) is 4.74 Å². The van der Waals surface area contributed by atoms with Crippen LogP contribution in [0.15, 0.2) is 30.6 Å². The van der Waals surface area contributed by atoms with Gasteiger partial charge in [-0.15, -0.1) is 0 Å². The molecule has 1 aromatic carbocycles. The lowest BCUT2D eigenvalue weighted by Gasteiger charge is -2.21. The average molecular weight is 289 g/mol. The first-order valence-electron chi connectivity index (χ1n) is 7.01. The molecule has 2 aromatic rings. The molecule has 0 aliphatic carbocycles. The molecule has 5 heteroatoms. The van der Waals surface area contributed by atoms with Gasteiger partial charge in [0.15, 0.2) is 0 Å². The van der Waals surface area contributed by atoms with Crippen molar-refractivity contribution in [3.63, 3.8) is 0 Å². The molecule has 4 nitrogen and oxygen atoms in total. The number of rotatable bonds is 6. The molecule has 0 fully saturated rings. The van der Waals surface area contributed by atoms with Gasteiger partial charge in [0.2, 0.25) is 5.88 Å². The lowest BCUT2D eigenvalue weighted by atomic mass is 9.98. The number of hydrogen-bond donors (Lipinski definition) is 1. The molecule has 21 heavy (non-hydrogen) atoms. The lowest BCUT2D eigenvalue weighted by Crippen LogP contribution is -2.25. The Bertz CT molecular complexity index is 604. The van der Waals surface area contributed by atoms with Gasteiger partial charge < -0.3 is 10.1 Å². The number of ether oxygens (including phenoxy) is 1. The Morgan fingerprint density at radius 1 is 1.29 bits per heavy atom. The highest BCUT2D eigenvalue weighted by molar-refractivity contribution is 5.37. The molecule has 0 aliphatic heterocycles. The molecule has 0 amide bonds. The molecule has 0 radical (unpaired) electrons. The van der Waals surface area contributed by atoms with E-state index in [-0.39, 0.29) is 11.9 Å². The van der Waals surface area contributed by atoms with E-state index in [1.807, 2.05) is 6.92 Å². The molecule has 0 bridgehead atoms. The summed E-state index contributed by atoms with van der Waals surface area (Å²) in [5.74, 6) is 0.242. The Kier molecular flexibility index (Phi) is 5.22. The topological polar surface area (TPSA) is 47.0 Å². The quantitative estimate of drug-likeness (QED) is 0.888. The fourth-order valence-corrected chi connectivity index (χ4v) is 2.30. The van der Waals surface area contributed by atoms with Gasteiger partial charge in [-0.05, 0) is 43.1 Å².